The lowest BCUT2D eigenvalue weighted by molar-refractivity contribution is 0.234. The van der Waals surface area contributed by atoms with Crippen molar-refractivity contribution in [2.24, 2.45) is 0 Å². The zero-order valence-electron chi connectivity index (χ0n) is 19.2. The van der Waals surface area contributed by atoms with Gasteiger partial charge < -0.3 is 9.64 Å². The highest BCUT2D eigenvalue weighted by molar-refractivity contribution is 5.44. The summed E-state index contributed by atoms with van der Waals surface area (Å²) in [6, 6.07) is 8.31. The highest BCUT2D eigenvalue weighted by Gasteiger charge is 2.27. The quantitative estimate of drug-likeness (QED) is 0.492. The van der Waals surface area contributed by atoms with Gasteiger partial charge in [-0.15, -0.1) is 0 Å². The summed E-state index contributed by atoms with van der Waals surface area (Å²) in [4.78, 5) is 13.7. The standard InChI is InChI=1S/C26H27F3N4O/c1-17-5-7-21(28)18(13-17)15-32-12-9-23-20(16-32)25(34-24-8-6-19(27)14-22(24)29)31-26(30-23)33-10-3-2-4-11-33/h5-8,13-14H,2-4,9-12,15-16H2,1H3. The molecule has 0 amide bonds. The van der Waals surface area contributed by atoms with Gasteiger partial charge in [0.05, 0.1) is 11.3 Å². The summed E-state index contributed by atoms with van der Waals surface area (Å²) in [5, 5.41) is 0. The fraction of sp³-hybridized carbons (Fsp3) is 0.385. The second-order valence-corrected chi connectivity index (χ2v) is 9.03. The van der Waals surface area contributed by atoms with Gasteiger partial charge in [-0.05, 0) is 44.4 Å². The van der Waals surface area contributed by atoms with Crippen LogP contribution in [0, 0.1) is 24.4 Å². The number of hydrogen-bond donors (Lipinski definition) is 0. The van der Waals surface area contributed by atoms with E-state index in [0.717, 1.165) is 54.9 Å². The molecule has 1 saturated heterocycles. The molecule has 1 aromatic heterocycles. The van der Waals surface area contributed by atoms with Crippen molar-refractivity contribution in [3.05, 3.63) is 76.2 Å². The minimum atomic E-state index is -0.790. The molecule has 34 heavy (non-hydrogen) atoms. The number of piperidine rings is 1. The first kappa shape index (κ1) is 22.7. The molecular formula is C26H27F3N4O. The lowest BCUT2D eigenvalue weighted by Gasteiger charge is -2.32. The number of anilines is 1. The first-order chi connectivity index (χ1) is 16.5. The molecule has 2 aliphatic heterocycles. The van der Waals surface area contributed by atoms with E-state index in [2.05, 4.69) is 14.8 Å². The molecule has 0 bridgehead atoms. The van der Waals surface area contributed by atoms with Crippen molar-refractivity contribution in [3.8, 4) is 11.6 Å². The highest BCUT2D eigenvalue weighted by Crippen LogP contribution is 2.33. The number of fused-ring (bicyclic) bond motifs is 1. The predicted molar refractivity (Wildman–Crippen MR) is 123 cm³/mol. The molecule has 178 valence electrons. The van der Waals surface area contributed by atoms with Crippen molar-refractivity contribution in [1.82, 2.24) is 14.9 Å². The van der Waals surface area contributed by atoms with Crippen LogP contribution in [0.5, 0.6) is 11.6 Å². The molecule has 2 aromatic carbocycles. The molecule has 3 aromatic rings. The van der Waals surface area contributed by atoms with Gasteiger partial charge in [-0.1, -0.05) is 17.7 Å². The van der Waals surface area contributed by atoms with E-state index in [1.54, 1.807) is 6.07 Å². The number of aryl methyl sites for hydroxylation is 1. The summed E-state index contributed by atoms with van der Waals surface area (Å²) in [6.45, 7) is 5.25. The van der Waals surface area contributed by atoms with E-state index in [1.807, 2.05) is 13.0 Å². The Morgan fingerprint density at radius 1 is 0.912 bits per heavy atom. The number of rotatable bonds is 5. The van der Waals surface area contributed by atoms with Gasteiger partial charge in [0.2, 0.25) is 11.8 Å². The van der Waals surface area contributed by atoms with Gasteiger partial charge in [-0.25, -0.2) is 18.2 Å². The summed E-state index contributed by atoms with van der Waals surface area (Å²) in [5.74, 6) is -0.942. The molecule has 0 atom stereocenters. The van der Waals surface area contributed by atoms with Crippen molar-refractivity contribution < 1.29 is 17.9 Å². The summed E-state index contributed by atoms with van der Waals surface area (Å²) in [5.41, 5.74) is 3.23. The van der Waals surface area contributed by atoms with Crippen LogP contribution in [0.25, 0.3) is 0 Å². The Hall–Kier alpha value is -3.13. The molecule has 8 heteroatoms. The summed E-state index contributed by atoms with van der Waals surface area (Å²) >= 11 is 0. The van der Waals surface area contributed by atoms with Gasteiger partial charge in [-0.3, -0.25) is 4.90 Å². The van der Waals surface area contributed by atoms with Gasteiger partial charge in [0.25, 0.3) is 0 Å². The molecule has 0 radical (unpaired) electrons. The zero-order valence-corrected chi connectivity index (χ0v) is 19.2. The fourth-order valence-electron chi connectivity index (χ4n) is 4.61. The Balaban J connectivity index is 1.47. The average molecular weight is 469 g/mol. The number of benzene rings is 2. The molecule has 1 fully saturated rings. The lowest BCUT2D eigenvalue weighted by Crippen LogP contribution is -2.34. The lowest BCUT2D eigenvalue weighted by atomic mass is 10.0. The topological polar surface area (TPSA) is 41.5 Å². The van der Waals surface area contributed by atoms with Crippen LogP contribution in [0.1, 0.15) is 41.6 Å². The Kier molecular flexibility index (Phi) is 6.41. The molecule has 3 heterocycles. The SMILES string of the molecule is Cc1ccc(F)c(CN2CCc3nc(N4CCCCC4)nc(Oc4ccc(F)cc4F)c3C2)c1. The third-order valence-corrected chi connectivity index (χ3v) is 6.42. The highest BCUT2D eigenvalue weighted by atomic mass is 19.1. The first-order valence-electron chi connectivity index (χ1n) is 11.7. The fourth-order valence-corrected chi connectivity index (χ4v) is 4.61. The first-order valence-corrected chi connectivity index (χ1v) is 11.7. The van der Waals surface area contributed by atoms with Gasteiger partial charge in [0.1, 0.15) is 11.6 Å². The van der Waals surface area contributed by atoms with Gasteiger partial charge >= 0.3 is 0 Å². The van der Waals surface area contributed by atoms with Gasteiger partial charge in [0, 0.05) is 50.8 Å². The van der Waals surface area contributed by atoms with E-state index >= 15 is 0 Å². The van der Waals surface area contributed by atoms with Crippen LogP contribution in [-0.2, 0) is 19.5 Å². The molecule has 0 N–H and O–H groups in total. The van der Waals surface area contributed by atoms with E-state index in [9.17, 15) is 13.2 Å². The maximum Gasteiger partial charge on any atom is 0.229 e. The molecule has 2 aliphatic rings. The van der Waals surface area contributed by atoms with Crippen molar-refractivity contribution in [2.75, 3.05) is 24.5 Å². The number of aromatic nitrogens is 2. The molecule has 5 nitrogen and oxygen atoms in total. The molecular weight excluding hydrogens is 441 g/mol. The van der Waals surface area contributed by atoms with E-state index < -0.39 is 11.6 Å². The second kappa shape index (κ2) is 9.62. The van der Waals surface area contributed by atoms with E-state index in [-0.39, 0.29) is 17.4 Å². The summed E-state index contributed by atoms with van der Waals surface area (Å²) in [6.07, 6.45) is 3.96. The van der Waals surface area contributed by atoms with E-state index in [0.29, 0.717) is 37.6 Å². The maximum absolute atomic E-state index is 14.4. The van der Waals surface area contributed by atoms with Crippen molar-refractivity contribution in [3.63, 3.8) is 0 Å². The van der Waals surface area contributed by atoms with Crippen LogP contribution in [0.4, 0.5) is 19.1 Å². The third-order valence-electron chi connectivity index (χ3n) is 6.42. The van der Waals surface area contributed by atoms with Crippen LogP contribution in [-0.4, -0.2) is 34.5 Å². The van der Waals surface area contributed by atoms with Crippen LogP contribution in [0.3, 0.4) is 0 Å². The van der Waals surface area contributed by atoms with Gasteiger partial charge in [-0.2, -0.15) is 4.98 Å². The van der Waals surface area contributed by atoms with Crippen LogP contribution in [0.15, 0.2) is 36.4 Å². The minimum absolute atomic E-state index is 0.0891. The molecule has 0 saturated carbocycles. The largest absolute Gasteiger partial charge is 0.435 e. The van der Waals surface area contributed by atoms with E-state index in [4.69, 9.17) is 9.72 Å². The van der Waals surface area contributed by atoms with E-state index in [1.165, 1.54) is 18.6 Å². The van der Waals surface area contributed by atoms with Crippen molar-refractivity contribution in [1.29, 1.82) is 0 Å². The molecule has 0 spiro atoms. The average Bonchev–Trinajstić information content (AvgIpc) is 2.84. The Morgan fingerprint density at radius 2 is 1.74 bits per heavy atom. The second-order valence-electron chi connectivity index (χ2n) is 9.03. The third kappa shape index (κ3) is 4.87. The number of ether oxygens (including phenoxy) is 1. The summed E-state index contributed by atoms with van der Waals surface area (Å²) < 4.78 is 48.1. The summed E-state index contributed by atoms with van der Waals surface area (Å²) in [7, 11) is 0. The van der Waals surface area contributed by atoms with Crippen LogP contribution >= 0.6 is 0 Å². The van der Waals surface area contributed by atoms with Crippen molar-refractivity contribution in [2.45, 2.75) is 45.7 Å². The van der Waals surface area contributed by atoms with Crippen LogP contribution in [0.2, 0.25) is 0 Å². The molecule has 0 unspecified atom stereocenters. The predicted octanol–water partition coefficient (Wildman–Crippen LogP) is 5.54. The Labute approximate surface area is 197 Å². The molecule has 0 aliphatic carbocycles. The Morgan fingerprint density at radius 3 is 2.53 bits per heavy atom. The Bertz CT molecular complexity index is 1200. The minimum Gasteiger partial charge on any atom is -0.435 e. The number of halogens is 3. The smallest absolute Gasteiger partial charge is 0.229 e. The monoisotopic (exact) mass is 468 g/mol. The number of nitrogens with zero attached hydrogens (tertiary/aromatic N) is 4. The maximum atomic E-state index is 14.4. The van der Waals surface area contributed by atoms with Gasteiger partial charge in [0.15, 0.2) is 11.6 Å². The zero-order chi connectivity index (χ0) is 23.7. The molecule has 5 rings (SSSR count). The normalized spacial score (nSPS) is 16.4. The van der Waals surface area contributed by atoms with Crippen LogP contribution < -0.4 is 9.64 Å². The van der Waals surface area contributed by atoms with Crippen molar-refractivity contribution >= 4 is 5.95 Å². The number of hydrogen-bond acceptors (Lipinski definition) is 5.